The zero-order chi connectivity index (χ0) is 28.7. The first-order chi connectivity index (χ1) is 17.1. The molecular weight excluding hydrogens is 575 g/mol. The molecule has 4 aliphatic carbocycles. The standard InChI is InChI=1S/C19H19F9O9S/c20-16(21,18(24,25)19(26,27)28)12(29)34-6-11-7-35-15(36-11)9-1-8-2-10(15)5-14(3-8,4-9)37-13(30)17(22,23)38(31,32)33/h8-11H,1-7H2,(H,31,32,33). The highest BCUT2D eigenvalue weighted by Gasteiger charge is 2.77. The van der Waals surface area contributed by atoms with Gasteiger partial charge in [-0.2, -0.15) is 47.9 Å². The van der Waals surface area contributed by atoms with Gasteiger partial charge in [-0.05, 0) is 38.0 Å². The Morgan fingerprint density at radius 2 is 1.47 bits per heavy atom. The van der Waals surface area contributed by atoms with Gasteiger partial charge in [-0.1, -0.05) is 0 Å². The summed E-state index contributed by atoms with van der Waals surface area (Å²) in [5.41, 5.74) is -1.56. The van der Waals surface area contributed by atoms with Crippen LogP contribution >= 0.6 is 0 Å². The van der Waals surface area contributed by atoms with Gasteiger partial charge in [-0.25, -0.2) is 9.59 Å². The first-order valence-corrected chi connectivity index (χ1v) is 12.4. The Balaban J connectivity index is 1.42. The molecule has 1 aliphatic heterocycles. The highest BCUT2D eigenvalue weighted by atomic mass is 32.2. The molecule has 38 heavy (non-hydrogen) atoms. The van der Waals surface area contributed by atoms with Gasteiger partial charge in [0.2, 0.25) is 0 Å². The van der Waals surface area contributed by atoms with Crippen molar-refractivity contribution in [1.82, 2.24) is 0 Å². The van der Waals surface area contributed by atoms with Crippen LogP contribution in [0.25, 0.3) is 0 Å². The molecule has 1 saturated heterocycles. The quantitative estimate of drug-likeness (QED) is 0.269. The molecule has 19 heteroatoms. The number of carbonyl (C=O) groups excluding carboxylic acids is 2. The van der Waals surface area contributed by atoms with Crippen molar-refractivity contribution in [3.8, 4) is 0 Å². The van der Waals surface area contributed by atoms with E-state index >= 15 is 0 Å². The van der Waals surface area contributed by atoms with E-state index in [1.165, 1.54) is 0 Å². The number of ether oxygens (including phenoxy) is 4. The molecule has 1 N–H and O–H groups in total. The lowest BCUT2D eigenvalue weighted by Gasteiger charge is -2.62. The fourth-order valence-corrected chi connectivity index (χ4v) is 6.22. The third kappa shape index (κ3) is 4.32. The van der Waals surface area contributed by atoms with Crippen LogP contribution in [0.15, 0.2) is 0 Å². The van der Waals surface area contributed by atoms with Crippen LogP contribution in [0.2, 0.25) is 0 Å². The summed E-state index contributed by atoms with van der Waals surface area (Å²) in [7, 11) is -6.12. The van der Waals surface area contributed by atoms with E-state index in [4.69, 9.17) is 18.8 Å². The molecule has 9 nitrogen and oxygen atoms in total. The van der Waals surface area contributed by atoms with Crippen molar-refractivity contribution in [2.75, 3.05) is 13.2 Å². The van der Waals surface area contributed by atoms with Crippen LogP contribution in [-0.4, -0.2) is 78.9 Å². The molecular formula is C19H19F9O9S. The summed E-state index contributed by atoms with van der Waals surface area (Å²) in [5.74, 6) is -21.7. The van der Waals surface area contributed by atoms with Gasteiger partial charge in [-0.15, -0.1) is 0 Å². The van der Waals surface area contributed by atoms with E-state index in [1.54, 1.807) is 0 Å². The van der Waals surface area contributed by atoms with E-state index in [0.717, 1.165) is 0 Å². The Hall–Kier alpha value is -1.86. The second-order valence-electron chi connectivity index (χ2n) is 9.93. The summed E-state index contributed by atoms with van der Waals surface area (Å²) < 4.78 is 168. The average molecular weight is 594 g/mol. The van der Waals surface area contributed by atoms with Crippen LogP contribution in [0.5, 0.6) is 0 Å². The lowest BCUT2D eigenvalue weighted by molar-refractivity contribution is -0.349. The molecule has 1 heterocycles. The molecule has 0 aromatic carbocycles. The first kappa shape index (κ1) is 29.1. The fraction of sp³-hybridized carbons (Fsp3) is 0.895. The minimum atomic E-state index is -6.74. The number of carbonyl (C=O) groups is 2. The van der Waals surface area contributed by atoms with Crippen molar-refractivity contribution in [1.29, 1.82) is 0 Å². The highest BCUT2D eigenvalue weighted by molar-refractivity contribution is 7.87. The molecule has 5 aliphatic rings. The topological polar surface area (TPSA) is 125 Å². The summed E-state index contributed by atoms with van der Waals surface area (Å²) >= 11 is 0. The monoisotopic (exact) mass is 594 g/mol. The minimum Gasteiger partial charge on any atom is -0.458 e. The van der Waals surface area contributed by atoms with E-state index in [-0.39, 0.29) is 25.2 Å². The predicted molar refractivity (Wildman–Crippen MR) is 99.3 cm³/mol. The molecule has 218 valence electrons. The van der Waals surface area contributed by atoms with Gasteiger partial charge in [-0.3, -0.25) is 4.55 Å². The normalized spacial score (nSPS) is 35.5. The zero-order valence-electron chi connectivity index (χ0n) is 18.8. The summed E-state index contributed by atoms with van der Waals surface area (Å²) in [5, 5.41) is -5.23. The summed E-state index contributed by atoms with van der Waals surface area (Å²) in [6.07, 6.45) is -7.68. The van der Waals surface area contributed by atoms with E-state index in [2.05, 4.69) is 4.74 Å². The first-order valence-electron chi connectivity index (χ1n) is 11.0. The molecule has 0 aromatic heterocycles. The van der Waals surface area contributed by atoms with Crippen molar-refractivity contribution in [2.45, 2.75) is 72.9 Å². The minimum absolute atomic E-state index is 0.0902. The SMILES string of the molecule is O=C(OCC1COC2(O1)C1CC3CC2CC(OC(=O)C(F)(F)S(=O)(=O)O)(C3)C1)C(F)(F)C(F)(F)C(F)(F)F. The van der Waals surface area contributed by atoms with Gasteiger partial charge in [0.15, 0.2) is 5.79 Å². The Kier molecular flexibility index (Phi) is 6.57. The van der Waals surface area contributed by atoms with E-state index in [0.29, 0.717) is 12.8 Å². The van der Waals surface area contributed by atoms with Gasteiger partial charge >= 0.3 is 45.3 Å². The van der Waals surface area contributed by atoms with Gasteiger partial charge in [0, 0.05) is 11.8 Å². The Labute approximate surface area is 207 Å². The number of alkyl halides is 9. The molecule has 3 unspecified atom stereocenters. The lowest BCUT2D eigenvalue weighted by Crippen LogP contribution is -2.65. The van der Waals surface area contributed by atoms with Crippen LogP contribution in [0, 0.1) is 17.8 Å². The van der Waals surface area contributed by atoms with E-state index < -0.39 is 87.9 Å². The van der Waals surface area contributed by atoms with Gasteiger partial charge in [0.1, 0.15) is 18.3 Å². The third-order valence-corrected chi connectivity index (χ3v) is 8.21. The maximum Gasteiger partial charge on any atom is 0.465 e. The average Bonchev–Trinajstić information content (AvgIpc) is 3.18. The third-order valence-electron chi connectivity index (χ3n) is 7.39. The van der Waals surface area contributed by atoms with Crippen molar-refractivity contribution in [3.63, 3.8) is 0 Å². The smallest absolute Gasteiger partial charge is 0.458 e. The number of hydrogen-bond donors (Lipinski definition) is 1. The van der Waals surface area contributed by atoms with E-state index in [9.17, 15) is 57.5 Å². The van der Waals surface area contributed by atoms with Crippen LogP contribution in [0.4, 0.5) is 39.5 Å². The zero-order valence-corrected chi connectivity index (χ0v) is 19.6. The Bertz CT molecular complexity index is 1090. The second-order valence-corrected chi connectivity index (χ2v) is 11.4. The van der Waals surface area contributed by atoms with Crippen molar-refractivity contribution in [3.05, 3.63) is 0 Å². The summed E-state index contributed by atoms with van der Waals surface area (Å²) in [4.78, 5) is 23.3. The van der Waals surface area contributed by atoms with Crippen molar-refractivity contribution in [2.24, 2.45) is 17.8 Å². The van der Waals surface area contributed by atoms with Crippen LogP contribution < -0.4 is 0 Å². The van der Waals surface area contributed by atoms with E-state index in [1.807, 2.05) is 0 Å². The van der Waals surface area contributed by atoms with Crippen LogP contribution in [0.1, 0.15) is 32.1 Å². The van der Waals surface area contributed by atoms with Gasteiger partial charge in [0.05, 0.1) is 6.61 Å². The maximum atomic E-state index is 13.8. The van der Waals surface area contributed by atoms with Crippen LogP contribution in [0.3, 0.4) is 0 Å². The summed E-state index contributed by atoms with van der Waals surface area (Å²) in [6, 6.07) is 0. The van der Waals surface area contributed by atoms with Crippen molar-refractivity contribution < 1.29 is 81.0 Å². The Morgan fingerprint density at radius 1 is 0.921 bits per heavy atom. The molecule has 4 saturated carbocycles. The fourth-order valence-electron chi connectivity index (χ4n) is 5.97. The van der Waals surface area contributed by atoms with Gasteiger partial charge in [0.25, 0.3) is 0 Å². The highest BCUT2D eigenvalue weighted by Crippen LogP contribution is 2.64. The second kappa shape index (κ2) is 8.57. The maximum absolute atomic E-state index is 13.8. The molecule has 4 bridgehead atoms. The number of rotatable bonds is 7. The Morgan fingerprint density at radius 3 is 1.97 bits per heavy atom. The van der Waals surface area contributed by atoms with Crippen LogP contribution in [-0.2, 0) is 38.7 Å². The molecule has 0 aromatic rings. The molecule has 1 spiro atoms. The number of hydrogen-bond acceptors (Lipinski definition) is 8. The molecule has 5 rings (SSSR count). The molecule has 0 amide bonds. The summed E-state index contributed by atoms with van der Waals surface area (Å²) in [6.45, 7) is -1.63. The molecule has 5 fully saturated rings. The largest absolute Gasteiger partial charge is 0.465 e. The number of esters is 2. The lowest BCUT2D eigenvalue weighted by atomic mass is 9.51. The number of halogens is 9. The molecule has 3 atom stereocenters. The molecule has 0 radical (unpaired) electrons. The predicted octanol–water partition coefficient (Wildman–Crippen LogP) is 3.08. The van der Waals surface area contributed by atoms with Crippen molar-refractivity contribution >= 4 is 22.1 Å². The van der Waals surface area contributed by atoms with Gasteiger partial charge < -0.3 is 18.9 Å².